The minimum Gasteiger partial charge on any atom is -0.471 e. The van der Waals surface area contributed by atoms with Gasteiger partial charge in [0.1, 0.15) is 18.0 Å². The van der Waals surface area contributed by atoms with Crippen LogP contribution in [-0.2, 0) is 30.5 Å². The number of alkyl halides is 4. The van der Waals surface area contributed by atoms with Crippen LogP contribution in [0.15, 0.2) is 30.6 Å². The van der Waals surface area contributed by atoms with E-state index in [1.54, 1.807) is 19.2 Å². The van der Waals surface area contributed by atoms with Crippen LogP contribution in [0.25, 0.3) is 5.69 Å². The second kappa shape index (κ2) is 8.52. The summed E-state index contributed by atoms with van der Waals surface area (Å²) >= 11 is 0. The van der Waals surface area contributed by atoms with Gasteiger partial charge in [0.2, 0.25) is 5.88 Å². The van der Waals surface area contributed by atoms with Crippen molar-refractivity contribution in [2.45, 2.75) is 32.7 Å². The van der Waals surface area contributed by atoms with Crippen LogP contribution >= 0.6 is 0 Å². The monoisotopic (exact) mass is 450 g/mol. The lowest BCUT2D eigenvalue weighted by molar-refractivity contribution is -0.141. The van der Waals surface area contributed by atoms with E-state index in [0.29, 0.717) is 42.5 Å². The van der Waals surface area contributed by atoms with Gasteiger partial charge in [-0.05, 0) is 36.6 Å². The van der Waals surface area contributed by atoms with Crippen LogP contribution in [0.4, 0.5) is 17.6 Å². The van der Waals surface area contributed by atoms with Gasteiger partial charge in [-0.1, -0.05) is 5.21 Å². The number of fused-ring (bicyclic) bond motifs is 1. The van der Waals surface area contributed by atoms with Crippen molar-refractivity contribution < 1.29 is 27.1 Å². The van der Waals surface area contributed by atoms with Crippen LogP contribution in [-0.4, -0.2) is 49.0 Å². The molecule has 3 aromatic rings. The molecular weight excluding hydrogens is 432 g/mol. The summed E-state index contributed by atoms with van der Waals surface area (Å²) in [5, 5.41) is 7.94. The maximum absolute atomic E-state index is 12.8. The van der Waals surface area contributed by atoms with Crippen LogP contribution in [0.2, 0.25) is 0 Å². The van der Waals surface area contributed by atoms with Crippen molar-refractivity contribution in [3.63, 3.8) is 0 Å². The van der Waals surface area contributed by atoms with Crippen LogP contribution in [0, 0.1) is 6.92 Å². The first kappa shape index (κ1) is 21.7. The summed E-state index contributed by atoms with van der Waals surface area (Å²) in [5.74, 6) is -0.211. The fraction of sp³-hybridized carbons (Fsp3) is 0.350. The smallest absolute Gasteiger partial charge is 0.433 e. The highest BCUT2D eigenvalue weighted by molar-refractivity contribution is 5.77. The first-order valence-electron chi connectivity index (χ1n) is 9.65. The Kier molecular flexibility index (Phi) is 5.76. The van der Waals surface area contributed by atoms with Gasteiger partial charge in [0, 0.05) is 25.4 Å². The topological polar surface area (TPSA) is 86.0 Å². The maximum Gasteiger partial charge on any atom is 0.433 e. The number of pyridine rings is 2. The lowest BCUT2D eigenvalue weighted by Gasteiger charge is -2.28. The molecule has 0 radical (unpaired) electrons. The predicted molar refractivity (Wildman–Crippen MR) is 103 cm³/mol. The predicted octanol–water partition coefficient (Wildman–Crippen LogP) is 2.82. The van der Waals surface area contributed by atoms with Gasteiger partial charge in [-0.15, -0.1) is 5.10 Å². The number of aromatic nitrogens is 5. The molecule has 4 rings (SSSR count). The Morgan fingerprint density at radius 1 is 1.19 bits per heavy atom. The summed E-state index contributed by atoms with van der Waals surface area (Å²) in [6, 6.07) is 3.89. The number of ether oxygens (including phenoxy) is 1. The minimum atomic E-state index is -4.53. The fourth-order valence-electron chi connectivity index (χ4n) is 3.37. The minimum absolute atomic E-state index is 0.0259. The van der Waals surface area contributed by atoms with Crippen molar-refractivity contribution in [1.29, 1.82) is 0 Å². The molecule has 0 saturated carbocycles. The van der Waals surface area contributed by atoms with Crippen molar-refractivity contribution in [3.05, 3.63) is 58.8 Å². The van der Waals surface area contributed by atoms with Crippen molar-refractivity contribution in [2.75, 3.05) is 13.2 Å². The molecule has 0 aliphatic carbocycles. The van der Waals surface area contributed by atoms with E-state index in [0.717, 1.165) is 23.4 Å². The van der Waals surface area contributed by atoms with Crippen LogP contribution in [0.1, 0.15) is 28.2 Å². The quantitative estimate of drug-likeness (QED) is 0.556. The zero-order valence-electron chi connectivity index (χ0n) is 16.9. The summed E-state index contributed by atoms with van der Waals surface area (Å²) in [6.45, 7) is 1.41. The SMILES string of the molecule is Cc1nnn(-c2ccc(C(F)(F)F)nc2)c1COc1cc2c(cn1)CN(C(=O)CF)CC2. The van der Waals surface area contributed by atoms with E-state index in [4.69, 9.17) is 4.74 Å². The number of nitrogens with zero attached hydrogens (tertiary/aromatic N) is 6. The Balaban J connectivity index is 1.49. The first-order valence-corrected chi connectivity index (χ1v) is 9.65. The lowest BCUT2D eigenvalue weighted by atomic mass is 10.0. The summed E-state index contributed by atoms with van der Waals surface area (Å²) in [7, 11) is 0. The van der Waals surface area contributed by atoms with Gasteiger partial charge in [0.25, 0.3) is 5.91 Å². The Morgan fingerprint density at radius 2 is 2.00 bits per heavy atom. The molecule has 0 saturated heterocycles. The molecule has 12 heteroatoms. The van der Waals surface area contributed by atoms with E-state index in [2.05, 4.69) is 20.3 Å². The summed E-state index contributed by atoms with van der Waals surface area (Å²) < 4.78 is 58.0. The van der Waals surface area contributed by atoms with Gasteiger partial charge < -0.3 is 9.64 Å². The lowest BCUT2D eigenvalue weighted by Crippen LogP contribution is -2.36. The molecule has 0 fully saturated rings. The average Bonchev–Trinajstić information content (AvgIpc) is 3.16. The molecule has 8 nitrogen and oxygen atoms in total. The van der Waals surface area contributed by atoms with Crippen molar-refractivity contribution in [2.24, 2.45) is 0 Å². The zero-order valence-corrected chi connectivity index (χ0v) is 16.9. The molecule has 0 spiro atoms. The molecule has 3 aromatic heterocycles. The third-order valence-electron chi connectivity index (χ3n) is 5.13. The van der Waals surface area contributed by atoms with Gasteiger partial charge >= 0.3 is 6.18 Å². The van der Waals surface area contributed by atoms with Crippen LogP contribution in [0.5, 0.6) is 5.88 Å². The number of hydrogen-bond acceptors (Lipinski definition) is 6. The average molecular weight is 450 g/mol. The van der Waals surface area contributed by atoms with Crippen molar-refractivity contribution >= 4 is 5.91 Å². The third kappa shape index (κ3) is 4.39. The number of halogens is 4. The highest BCUT2D eigenvalue weighted by atomic mass is 19.4. The van der Waals surface area contributed by atoms with E-state index in [9.17, 15) is 22.4 Å². The molecule has 4 heterocycles. The largest absolute Gasteiger partial charge is 0.471 e. The third-order valence-corrected chi connectivity index (χ3v) is 5.13. The molecule has 1 amide bonds. The molecule has 32 heavy (non-hydrogen) atoms. The van der Waals surface area contributed by atoms with E-state index in [-0.39, 0.29) is 6.61 Å². The van der Waals surface area contributed by atoms with E-state index < -0.39 is 24.5 Å². The van der Waals surface area contributed by atoms with Gasteiger partial charge in [0.05, 0.1) is 17.6 Å². The summed E-state index contributed by atoms with van der Waals surface area (Å²) in [5.41, 5.74) is 2.17. The normalized spacial score (nSPS) is 13.7. The Labute approximate surface area is 179 Å². The van der Waals surface area contributed by atoms with Crippen LogP contribution in [0.3, 0.4) is 0 Å². The Hall–Kier alpha value is -3.57. The van der Waals surface area contributed by atoms with Gasteiger partial charge in [-0.25, -0.2) is 19.0 Å². The number of rotatable bonds is 5. The Bertz CT molecular complexity index is 1130. The number of carbonyl (C=O) groups excluding carboxylic acids is 1. The van der Waals surface area contributed by atoms with Crippen molar-refractivity contribution in [1.82, 2.24) is 29.9 Å². The molecule has 0 N–H and O–H groups in total. The standard InChI is InChI=1S/C20H18F4N6O2/c1-12-16(30(28-27-12)15-2-3-17(25-9-15)20(22,23)24)11-32-18-6-13-4-5-29(19(31)7-21)10-14(13)8-26-18/h2-3,6,8-9H,4-5,7,10-11H2,1H3. The molecule has 1 aliphatic heterocycles. The number of carbonyl (C=O) groups is 1. The molecule has 0 atom stereocenters. The second-order valence-electron chi connectivity index (χ2n) is 7.21. The maximum atomic E-state index is 12.8. The summed E-state index contributed by atoms with van der Waals surface area (Å²) in [6.07, 6.45) is -1.32. The van der Waals surface area contributed by atoms with E-state index in [1.807, 2.05) is 0 Å². The molecular formula is C20H18F4N6O2. The Morgan fingerprint density at radius 3 is 2.69 bits per heavy atom. The highest BCUT2D eigenvalue weighted by Crippen LogP contribution is 2.28. The molecule has 168 valence electrons. The van der Waals surface area contributed by atoms with E-state index >= 15 is 0 Å². The molecule has 0 unspecified atom stereocenters. The number of amides is 1. The zero-order chi connectivity index (χ0) is 22.9. The molecule has 0 aromatic carbocycles. The van der Waals surface area contributed by atoms with E-state index in [1.165, 1.54) is 15.6 Å². The highest BCUT2D eigenvalue weighted by Gasteiger charge is 2.32. The fourth-order valence-corrected chi connectivity index (χ4v) is 3.37. The van der Waals surface area contributed by atoms with Gasteiger partial charge in [-0.2, -0.15) is 13.2 Å². The number of hydrogen-bond donors (Lipinski definition) is 0. The van der Waals surface area contributed by atoms with Crippen molar-refractivity contribution in [3.8, 4) is 11.6 Å². The second-order valence-corrected chi connectivity index (χ2v) is 7.21. The number of aryl methyl sites for hydroxylation is 1. The van der Waals surface area contributed by atoms with Gasteiger partial charge in [-0.3, -0.25) is 4.79 Å². The molecule has 1 aliphatic rings. The first-order chi connectivity index (χ1) is 15.3. The summed E-state index contributed by atoms with van der Waals surface area (Å²) in [4.78, 5) is 20.7. The van der Waals surface area contributed by atoms with Crippen LogP contribution < -0.4 is 4.74 Å². The molecule has 0 bridgehead atoms. The van der Waals surface area contributed by atoms with Gasteiger partial charge in [0.15, 0.2) is 6.67 Å².